The van der Waals surface area contributed by atoms with Crippen molar-refractivity contribution in [1.29, 1.82) is 0 Å². The summed E-state index contributed by atoms with van der Waals surface area (Å²) in [5.41, 5.74) is 5.45. The molecular formula is C23H40Cl3N5O. The zero-order chi connectivity index (χ0) is 21.5. The fourth-order valence-corrected chi connectivity index (χ4v) is 2.91. The molecule has 0 fully saturated rings. The Balaban J connectivity index is -0.000000949. The number of amides is 1. The van der Waals surface area contributed by atoms with Crippen LogP contribution in [0.25, 0.3) is 0 Å². The molecular weight excluding hydrogens is 469 g/mol. The van der Waals surface area contributed by atoms with Crippen LogP contribution in [0.15, 0.2) is 42.5 Å². The van der Waals surface area contributed by atoms with Crippen LogP contribution in [-0.2, 0) is 24.1 Å². The molecule has 0 aliphatic heterocycles. The molecule has 184 valence electrons. The van der Waals surface area contributed by atoms with Gasteiger partial charge < -0.3 is 10.2 Å². The second kappa shape index (κ2) is 21.3. The molecule has 1 amide bonds. The molecule has 1 aromatic heterocycles. The first-order valence-corrected chi connectivity index (χ1v) is 10.6. The molecule has 32 heavy (non-hydrogen) atoms. The Morgan fingerprint density at radius 2 is 1.44 bits per heavy atom. The smallest absolute Gasteiger partial charge is 0.238 e. The first-order chi connectivity index (χ1) is 14.1. The number of halogens is 3. The fraction of sp³-hybridized carbons (Fsp3) is 0.478. The van der Waals surface area contributed by atoms with Gasteiger partial charge in [0.05, 0.1) is 6.42 Å². The molecule has 1 aromatic carbocycles. The molecule has 2 aromatic rings. The number of benzene rings is 1. The normalized spacial score (nSPS) is 9.16. The maximum Gasteiger partial charge on any atom is 0.238 e. The van der Waals surface area contributed by atoms with E-state index in [1.807, 2.05) is 12.1 Å². The van der Waals surface area contributed by atoms with E-state index in [0.29, 0.717) is 6.42 Å². The van der Waals surface area contributed by atoms with Gasteiger partial charge in [0, 0.05) is 18.8 Å². The van der Waals surface area contributed by atoms with Gasteiger partial charge in [-0.3, -0.25) is 10.2 Å². The Labute approximate surface area is 212 Å². The van der Waals surface area contributed by atoms with Gasteiger partial charge in [-0.05, 0) is 63.0 Å². The first kappa shape index (κ1) is 35.0. The van der Waals surface area contributed by atoms with Crippen LogP contribution in [0.1, 0.15) is 44.5 Å². The Kier molecular flexibility index (Phi) is 23.3. The number of nitrogens with one attached hydrogen (secondary N) is 2. The highest BCUT2D eigenvalue weighted by atomic mass is 35.5. The van der Waals surface area contributed by atoms with Crippen molar-refractivity contribution in [3.8, 4) is 0 Å². The summed E-state index contributed by atoms with van der Waals surface area (Å²) < 4.78 is 0. The minimum atomic E-state index is -0.180. The zero-order valence-electron chi connectivity index (χ0n) is 19.6. The van der Waals surface area contributed by atoms with Crippen LogP contribution in [0, 0.1) is 0 Å². The van der Waals surface area contributed by atoms with Gasteiger partial charge >= 0.3 is 0 Å². The molecule has 0 atom stereocenters. The number of aromatic nitrogens is 1. The standard InChI is InChI=1S/C19H26N4O.C4H11N.3ClH/c1-3-23(4-2)18-7-5-6-17(21-18)13-12-15-8-10-16(11-9-15)14-19(24)22-20;1-3-5-4-2;;;/h5-11H,3-4,12-14,20H2,1-2H3,(H,22,24);5H,3-4H2,1-2H3;3*1H. The molecule has 0 saturated heterocycles. The number of aryl methyl sites for hydroxylation is 2. The Bertz CT molecular complexity index is 711. The van der Waals surface area contributed by atoms with Crippen LogP contribution >= 0.6 is 37.2 Å². The number of carbonyl (C=O) groups is 1. The van der Waals surface area contributed by atoms with Crippen LogP contribution in [-0.4, -0.2) is 37.1 Å². The van der Waals surface area contributed by atoms with E-state index in [1.165, 1.54) is 5.56 Å². The van der Waals surface area contributed by atoms with Crippen LogP contribution in [0.5, 0.6) is 0 Å². The molecule has 0 aliphatic carbocycles. The molecule has 0 radical (unpaired) electrons. The zero-order valence-corrected chi connectivity index (χ0v) is 22.0. The predicted octanol–water partition coefficient (Wildman–Crippen LogP) is 4.13. The summed E-state index contributed by atoms with van der Waals surface area (Å²) in [5.74, 6) is 5.97. The number of anilines is 1. The summed E-state index contributed by atoms with van der Waals surface area (Å²) in [6, 6.07) is 14.3. The van der Waals surface area contributed by atoms with Crippen LogP contribution < -0.4 is 21.5 Å². The third-order valence-electron chi connectivity index (χ3n) is 4.60. The lowest BCUT2D eigenvalue weighted by Crippen LogP contribution is -2.31. The Morgan fingerprint density at radius 1 is 0.875 bits per heavy atom. The minimum Gasteiger partial charge on any atom is -0.357 e. The maximum atomic E-state index is 11.3. The number of hydrogen-bond donors (Lipinski definition) is 3. The summed E-state index contributed by atoms with van der Waals surface area (Å²) in [6.45, 7) is 12.6. The predicted molar refractivity (Wildman–Crippen MR) is 144 cm³/mol. The molecule has 9 heteroatoms. The molecule has 0 spiro atoms. The molecule has 1 heterocycles. The van der Waals surface area contributed by atoms with Crippen molar-refractivity contribution >= 4 is 48.9 Å². The molecule has 4 N–H and O–H groups in total. The van der Waals surface area contributed by atoms with Gasteiger partial charge in [-0.25, -0.2) is 10.8 Å². The highest BCUT2D eigenvalue weighted by molar-refractivity contribution is 5.86. The number of carbonyl (C=O) groups excluding carboxylic acids is 1. The van der Waals surface area contributed by atoms with Crippen molar-refractivity contribution in [2.75, 3.05) is 31.1 Å². The lowest BCUT2D eigenvalue weighted by atomic mass is 10.0. The summed E-state index contributed by atoms with van der Waals surface area (Å²) in [5, 5.41) is 3.11. The number of nitrogens with two attached hydrogens (primary N) is 1. The van der Waals surface area contributed by atoms with Crippen molar-refractivity contribution in [2.45, 2.75) is 47.0 Å². The number of pyridine rings is 1. The highest BCUT2D eigenvalue weighted by Gasteiger charge is 2.05. The molecule has 2 rings (SSSR count). The molecule has 0 unspecified atom stereocenters. The van der Waals surface area contributed by atoms with Crippen molar-refractivity contribution in [1.82, 2.24) is 15.7 Å². The van der Waals surface area contributed by atoms with Crippen molar-refractivity contribution in [2.24, 2.45) is 5.84 Å². The van der Waals surface area contributed by atoms with Crippen molar-refractivity contribution in [3.05, 3.63) is 59.3 Å². The molecule has 0 aliphatic rings. The van der Waals surface area contributed by atoms with E-state index in [2.05, 4.69) is 73.7 Å². The first-order valence-electron chi connectivity index (χ1n) is 10.6. The molecule has 0 saturated carbocycles. The lowest BCUT2D eigenvalue weighted by molar-refractivity contribution is -0.120. The average molecular weight is 509 g/mol. The van der Waals surface area contributed by atoms with Gasteiger partial charge in [0.15, 0.2) is 0 Å². The van der Waals surface area contributed by atoms with E-state index in [0.717, 1.165) is 56.1 Å². The topological polar surface area (TPSA) is 83.3 Å². The lowest BCUT2D eigenvalue weighted by Gasteiger charge is -2.20. The van der Waals surface area contributed by atoms with Gasteiger partial charge in [0.25, 0.3) is 0 Å². The number of hydrogen-bond acceptors (Lipinski definition) is 5. The van der Waals surface area contributed by atoms with E-state index in [-0.39, 0.29) is 43.1 Å². The van der Waals surface area contributed by atoms with E-state index < -0.39 is 0 Å². The number of hydrazine groups is 1. The van der Waals surface area contributed by atoms with Crippen LogP contribution in [0.2, 0.25) is 0 Å². The van der Waals surface area contributed by atoms with E-state index in [1.54, 1.807) is 0 Å². The summed E-state index contributed by atoms with van der Waals surface area (Å²) in [6.07, 6.45) is 2.14. The second-order valence-electron chi connectivity index (χ2n) is 6.68. The third kappa shape index (κ3) is 13.8. The summed E-state index contributed by atoms with van der Waals surface area (Å²) in [7, 11) is 0. The maximum absolute atomic E-state index is 11.3. The SMILES string of the molecule is CCN(CC)c1cccc(CCc2ccc(CC(=O)NN)cc2)n1.CCNCC.Cl.Cl.Cl. The minimum absolute atomic E-state index is 0. The van der Waals surface area contributed by atoms with Crippen LogP contribution in [0.3, 0.4) is 0 Å². The quantitative estimate of drug-likeness (QED) is 0.255. The van der Waals surface area contributed by atoms with E-state index >= 15 is 0 Å². The van der Waals surface area contributed by atoms with Crippen molar-refractivity contribution < 1.29 is 4.79 Å². The largest absolute Gasteiger partial charge is 0.357 e. The summed E-state index contributed by atoms with van der Waals surface area (Å²) in [4.78, 5) is 18.3. The monoisotopic (exact) mass is 507 g/mol. The molecule has 0 bridgehead atoms. The average Bonchev–Trinajstić information content (AvgIpc) is 2.75. The van der Waals surface area contributed by atoms with Gasteiger partial charge in [-0.2, -0.15) is 0 Å². The van der Waals surface area contributed by atoms with Gasteiger partial charge in [0.2, 0.25) is 5.91 Å². The highest BCUT2D eigenvalue weighted by Crippen LogP contribution is 2.13. The van der Waals surface area contributed by atoms with Crippen LogP contribution in [0.4, 0.5) is 5.82 Å². The fourth-order valence-electron chi connectivity index (χ4n) is 2.91. The Hall–Kier alpha value is -1.57. The number of rotatable bonds is 10. The van der Waals surface area contributed by atoms with Gasteiger partial charge in [-0.1, -0.05) is 44.2 Å². The van der Waals surface area contributed by atoms with E-state index in [4.69, 9.17) is 10.8 Å². The summed E-state index contributed by atoms with van der Waals surface area (Å²) >= 11 is 0. The van der Waals surface area contributed by atoms with Gasteiger partial charge in [0.1, 0.15) is 5.82 Å². The van der Waals surface area contributed by atoms with Gasteiger partial charge in [-0.15, -0.1) is 37.2 Å². The molecule has 6 nitrogen and oxygen atoms in total. The van der Waals surface area contributed by atoms with E-state index in [9.17, 15) is 4.79 Å². The third-order valence-corrected chi connectivity index (χ3v) is 4.60. The Morgan fingerprint density at radius 3 is 1.91 bits per heavy atom. The second-order valence-corrected chi connectivity index (χ2v) is 6.68. The number of nitrogens with zero attached hydrogens (tertiary/aromatic N) is 2. The van der Waals surface area contributed by atoms with Crippen molar-refractivity contribution in [3.63, 3.8) is 0 Å².